The van der Waals surface area contributed by atoms with Gasteiger partial charge in [0.15, 0.2) is 5.65 Å². The molecule has 0 saturated carbocycles. The summed E-state index contributed by atoms with van der Waals surface area (Å²) in [5, 5.41) is 7.36. The molecule has 0 aliphatic rings. The highest BCUT2D eigenvalue weighted by atomic mass is 35.5. The fourth-order valence-electron chi connectivity index (χ4n) is 2.60. The molecule has 5 nitrogen and oxygen atoms in total. The van der Waals surface area contributed by atoms with Gasteiger partial charge in [0, 0.05) is 16.8 Å². The van der Waals surface area contributed by atoms with Gasteiger partial charge in [-0.05, 0) is 35.9 Å². The van der Waals surface area contributed by atoms with Crippen LogP contribution in [-0.2, 0) is 0 Å². The van der Waals surface area contributed by atoms with Crippen LogP contribution in [0.15, 0.2) is 67.0 Å². The first-order valence-corrected chi connectivity index (χ1v) is 8.16. The summed E-state index contributed by atoms with van der Waals surface area (Å²) in [6, 6.07) is 14.8. The van der Waals surface area contributed by atoms with Gasteiger partial charge in [-0.15, -0.1) is 0 Å². The molecule has 0 spiro atoms. The Morgan fingerprint density at radius 3 is 2.77 bits per heavy atom. The number of hydrogen-bond acceptors (Lipinski definition) is 3. The minimum absolute atomic E-state index is 0.0998. The number of anilines is 1. The molecule has 2 heterocycles. The van der Waals surface area contributed by atoms with E-state index in [1.54, 1.807) is 41.2 Å². The van der Waals surface area contributed by atoms with Gasteiger partial charge < -0.3 is 5.32 Å². The molecule has 7 heteroatoms. The zero-order valence-corrected chi connectivity index (χ0v) is 14.1. The molecular weight excluding hydrogens is 355 g/mol. The van der Waals surface area contributed by atoms with Gasteiger partial charge in [-0.3, -0.25) is 4.79 Å². The molecule has 4 aromatic rings. The minimum atomic E-state index is -0.508. The van der Waals surface area contributed by atoms with E-state index in [1.165, 1.54) is 18.2 Å². The highest BCUT2D eigenvalue weighted by Crippen LogP contribution is 2.26. The molecule has 4 rings (SSSR count). The molecule has 128 valence electrons. The standard InChI is InChI=1S/C19H12ClFN4O/c20-13-5-3-4-12(10-13)14-11-22-25-9-8-17(23-18(14)25)19(26)24-16-7-2-1-6-15(16)21/h1-11H,(H,24,26). The monoisotopic (exact) mass is 366 g/mol. The van der Waals surface area contributed by atoms with Crippen LogP contribution in [-0.4, -0.2) is 20.5 Å². The van der Waals surface area contributed by atoms with Crippen LogP contribution < -0.4 is 5.32 Å². The Balaban J connectivity index is 1.72. The van der Waals surface area contributed by atoms with Gasteiger partial charge >= 0.3 is 0 Å². The predicted molar refractivity (Wildman–Crippen MR) is 97.8 cm³/mol. The second-order valence-electron chi connectivity index (χ2n) is 5.58. The van der Waals surface area contributed by atoms with E-state index in [2.05, 4.69) is 15.4 Å². The SMILES string of the molecule is O=C(Nc1ccccc1F)c1ccn2ncc(-c3cccc(Cl)c3)c2n1. The Kier molecular flexibility index (Phi) is 4.10. The van der Waals surface area contributed by atoms with Crippen LogP contribution in [0.5, 0.6) is 0 Å². The van der Waals surface area contributed by atoms with E-state index in [1.807, 2.05) is 12.1 Å². The Hall–Kier alpha value is -3.25. The van der Waals surface area contributed by atoms with Crippen LogP contribution in [0.2, 0.25) is 5.02 Å². The van der Waals surface area contributed by atoms with Crippen molar-refractivity contribution in [3.8, 4) is 11.1 Å². The molecule has 0 bridgehead atoms. The summed E-state index contributed by atoms with van der Waals surface area (Å²) in [4.78, 5) is 16.8. The lowest BCUT2D eigenvalue weighted by molar-refractivity contribution is 0.102. The van der Waals surface area contributed by atoms with Crippen LogP contribution in [0.3, 0.4) is 0 Å². The number of fused-ring (bicyclic) bond motifs is 1. The van der Waals surface area contributed by atoms with Crippen molar-refractivity contribution in [1.82, 2.24) is 14.6 Å². The third kappa shape index (κ3) is 3.02. The van der Waals surface area contributed by atoms with Gasteiger partial charge in [0.25, 0.3) is 5.91 Å². The van der Waals surface area contributed by atoms with Gasteiger partial charge in [-0.2, -0.15) is 5.10 Å². The lowest BCUT2D eigenvalue weighted by Crippen LogP contribution is -2.15. The fraction of sp³-hybridized carbons (Fsp3) is 0. The van der Waals surface area contributed by atoms with Crippen LogP contribution in [0, 0.1) is 5.82 Å². The number of carbonyl (C=O) groups excluding carboxylic acids is 1. The van der Waals surface area contributed by atoms with Crippen molar-refractivity contribution >= 4 is 28.8 Å². The van der Waals surface area contributed by atoms with Gasteiger partial charge in [-0.1, -0.05) is 35.9 Å². The second-order valence-corrected chi connectivity index (χ2v) is 6.02. The Morgan fingerprint density at radius 2 is 1.96 bits per heavy atom. The minimum Gasteiger partial charge on any atom is -0.318 e. The van der Waals surface area contributed by atoms with E-state index < -0.39 is 11.7 Å². The lowest BCUT2D eigenvalue weighted by atomic mass is 10.1. The van der Waals surface area contributed by atoms with Crippen molar-refractivity contribution < 1.29 is 9.18 Å². The number of benzene rings is 2. The molecule has 2 aromatic heterocycles. The lowest BCUT2D eigenvalue weighted by Gasteiger charge is -2.06. The maximum atomic E-state index is 13.7. The van der Waals surface area contributed by atoms with Crippen LogP contribution in [0.25, 0.3) is 16.8 Å². The molecule has 0 saturated heterocycles. The molecular formula is C19H12ClFN4O. The molecule has 0 atom stereocenters. The highest BCUT2D eigenvalue weighted by molar-refractivity contribution is 6.30. The summed E-state index contributed by atoms with van der Waals surface area (Å²) in [6.07, 6.45) is 3.29. The smallest absolute Gasteiger partial charge is 0.274 e. The van der Waals surface area contributed by atoms with Gasteiger partial charge in [0.05, 0.1) is 11.9 Å². The average Bonchev–Trinajstić information content (AvgIpc) is 3.07. The number of halogens is 2. The molecule has 0 aliphatic carbocycles. The molecule has 1 amide bonds. The number of nitrogens with one attached hydrogen (secondary N) is 1. The number of carbonyl (C=O) groups is 1. The van der Waals surface area contributed by atoms with E-state index in [0.29, 0.717) is 10.7 Å². The Bertz CT molecular complexity index is 1130. The molecule has 0 radical (unpaired) electrons. The molecule has 0 fully saturated rings. The highest BCUT2D eigenvalue weighted by Gasteiger charge is 2.14. The number of nitrogens with zero attached hydrogens (tertiary/aromatic N) is 3. The molecule has 26 heavy (non-hydrogen) atoms. The Labute approximate surface area is 153 Å². The van der Waals surface area contributed by atoms with Crippen molar-refractivity contribution in [2.75, 3.05) is 5.32 Å². The number of para-hydroxylation sites is 1. The summed E-state index contributed by atoms with van der Waals surface area (Å²) in [5.74, 6) is -1.01. The van der Waals surface area contributed by atoms with E-state index in [-0.39, 0.29) is 11.4 Å². The van der Waals surface area contributed by atoms with Crippen LogP contribution >= 0.6 is 11.6 Å². The van der Waals surface area contributed by atoms with E-state index in [4.69, 9.17) is 11.6 Å². The summed E-state index contributed by atoms with van der Waals surface area (Å²) in [7, 11) is 0. The summed E-state index contributed by atoms with van der Waals surface area (Å²) >= 11 is 6.05. The summed E-state index contributed by atoms with van der Waals surface area (Å²) in [6.45, 7) is 0. The topological polar surface area (TPSA) is 59.3 Å². The van der Waals surface area contributed by atoms with E-state index in [0.717, 1.165) is 11.1 Å². The molecule has 2 aromatic carbocycles. The van der Waals surface area contributed by atoms with Gasteiger partial charge in [0.1, 0.15) is 11.5 Å². The van der Waals surface area contributed by atoms with Crippen LogP contribution in [0.1, 0.15) is 10.5 Å². The van der Waals surface area contributed by atoms with E-state index in [9.17, 15) is 9.18 Å². The second kappa shape index (κ2) is 6.57. The number of aromatic nitrogens is 3. The first kappa shape index (κ1) is 16.2. The molecule has 0 unspecified atom stereocenters. The average molecular weight is 367 g/mol. The first-order valence-electron chi connectivity index (χ1n) is 7.78. The van der Waals surface area contributed by atoms with Gasteiger partial charge in [0.2, 0.25) is 0 Å². The van der Waals surface area contributed by atoms with Crippen molar-refractivity contribution in [1.29, 1.82) is 0 Å². The number of rotatable bonds is 3. The zero-order chi connectivity index (χ0) is 18.1. The molecule has 0 aliphatic heterocycles. The maximum absolute atomic E-state index is 13.7. The van der Waals surface area contributed by atoms with Crippen molar-refractivity contribution in [3.63, 3.8) is 0 Å². The third-order valence-electron chi connectivity index (χ3n) is 3.86. The summed E-state index contributed by atoms with van der Waals surface area (Å²) in [5.41, 5.74) is 2.35. The van der Waals surface area contributed by atoms with Gasteiger partial charge in [-0.25, -0.2) is 13.9 Å². The normalized spacial score (nSPS) is 10.8. The zero-order valence-electron chi connectivity index (χ0n) is 13.4. The fourth-order valence-corrected chi connectivity index (χ4v) is 2.79. The third-order valence-corrected chi connectivity index (χ3v) is 4.09. The van der Waals surface area contributed by atoms with Crippen LogP contribution in [0.4, 0.5) is 10.1 Å². The predicted octanol–water partition coefficient (Wildman–Crippen LogP) is 4.44. The van der Waals surface area contributed by atoms with Crippen molar-refractivity contribution in [2.24, 2.45) is 0 Å². The van der Waals surface area contributed by atoms with Crippen molar-refractivity contribution in [2.45, 2.75) is 0 Å². The largest absolute Gasteiger partial charge is 0.318 e. The number of amides is 1. The Morgan fingerprint density at radius 1 is 1.12 bits per heavy atom. The van der Waals surface area contributed by atoms with Crippen molar-refractivity contribution in [3.05, 3.63) is 83.5 Å². The summed E-state index contributed by atoms with van der Waals surface area (Å²) < 4.78 is 15.3. The first-order chi connectivity index (χ1) is 12.6. The van der Waals surface area contributed by atoms with E-state index >= 15 is 0 Å². The quantitative estimate of drug-likeness (QED) is 0.583. The molecule has 1 N–H and O–H groups in total. The number of hydrogen-bond donors (Lipinski definition) is 1. The maximum Gasteiger partial charge on any atom is 0.274 e.